The molecule has 5 heteroatoms. The molecule has 1 atom stereocenters. The molecular weight excluding hydrogens is 272 g/mol. The fourth-order valence-electron chi connectivity index (χ4n) is 3.00. The second-order valence-corrected chi connectivity index (χ2v) is 6.29. The number of hydrogen-bond acceptors (Lipinski definition) is 3. The van der Waals surface area contributed by atoms with E-state index >= 15 is 0 Å². The Balaban J connectivity index is 1.51. The van der Waals surface area contributed by atoms with Crippen LogP contribution < -0.4 is 5.73 Å². The average molecular weight is 295 g/mol. The van der Waals surface area contributed by atoms with Crippen molar-refractivity contribution in [2.24, 2.45) is 11.7 Å². The molecule has 1 heterocycles. The summed E-state index contributed by atoms with van der Waals surface area (Å²) in [5.41, 5.74) is 6.33. The topological polar surface area (TPSA) is 32.5 Å². The normalized spacial score (nSPS) is 22.4. The number of benzene rings is 1. The largest absolute Gasteiger partial charge is 0.323 e. The van der Waals surface area contributed by atoms with Crippen molar-refractivity contribution in [2.75, 3.05) is 39.3 Å². The molecule has 0 spiro atoms. The molecule has 21 heavy (non-hydrogen) atoms. The molecule has 3 nitrogen and oxygen atoms in total. The van der Waals surface area contributed by atoms with E-state index in [0.29, 0.717) is 6.54 Å². The van der Waals surface area contributed by atoms with Crippen LogP contribution in [0, 0.1) is 17.6 Å². The van der Waals surface area contributed by atoms with Crippen LogP contribution in [0.1, 0.15) is 24.4 Å². The molecule has 0 bridgehead atoms. The maximum Gasteiger partial charge on any atom is 0.163 e. The zero-order chi connectivity index (χ0) is 14.8. The van der Waals surface area contributed by atoms with Crippen LogP contribution in [0.25, 0.3) is 0 Å². The van der Waals surface area contributed by atoms with Gasteiger partial charge < -0.3 is 10.6 Å². The quantitative estimate of drug-likeness (QED) is 0.902. The number of rotatable bonds is 5. The van der Waals surface area contributed by atoms with Gasteiger partial charge in [-0.3, -0.25) is 4.90 Å². The van der Waals surface area contributed by atoms with Gasteiger partial charge in [0.05, 0.1) is 0 Å². The molecule has 1 saturated heterocycles. The first kappa shape index (κ1) is 14.9. The molecular formula is C16H23F2N3. The fraction of sp³-hybridized carbons (Fsp3) is 0.625. The van der Waals surface area contributed by atoms with Gasteiger partial charge in [0.15, 0.2) is 11.6 Å². The highest BCUT2D eigenvalue weighted by Crippen LogP contribution is 2.30. The summed E-state index contributed by atoms with van der Waals surface area (Å²) in [5, 5.41) is 0. The highest BCUT2D eigenvalue weighted by atomic mass is 19.2. The van der Waals surface area contributed by atoms with Crippen molar-refractivity contribution in [3.8, 4) is 0 Å². The molecule has 1 aliphatic carbocycles. The molecule has 0 aromatic heterocycles. The van der Waals surface area contributed by atoms with E-state index in [9.17, 15) is 8.78 Å². The minimum absolute atomic E-state index is 0.274. The second-order valence-electron chi connectivity index (χ2n) is 6.29. The molecule has 2 aliphatic rings. The number of halogens is 2. The lowest BCUT2D eigenvalue weighted by atomic mass is 10.1. The highest BCUT2D eigenvalue weighted by molar-refractivity contribution is 5.22. The number of nitrogens with two attached hydrogens (primary N) is 1. The third-order valence-electron chi connectivity index (χ3n) is 4.51. The fourth-order valence-corrected chi connectivity index (χ4v) is 3.00. The lowest BCUT2D eigenvalue weighted by molar-refractivity contribution is 0.123. The van der Waals surface area contributed by atoms with Gasteiger partial charge >= 0.3 is 0 Å². The minimum atomic E-state index is -0.822. The van der Waals surface area contributed by atoms with Gasteiger partial charge in [0.25, 0.3) is 0 Å². The first-order chi connectivity index (χ1) is 10.1. The van der Waals surface area contributed by atoms with E-state index in [1.807, 2.05) is 0 Å². The van der Waals surface area contributed by atoms with Crippen molar-refractivity contribution in [1.82, 2.24) is 9.80 Å². The van der Waals surface area contributed by atoms with Crippen LogP contribution in [0.4, 0.5) is 8.78 Å². The lowest BCUT2D eigenvalue weighted by Gasteiger charge is -2.36. The van der Waals surface area contributed by atoms with Crippen LogP contribution in [-0.2, 0) is 0 Å². The first-order valence-electron chi connectivity index (χ1n) is 7.77. The van der Waals surface area contributed by atoms with E-state index in [4.69, 9.17) is 5.73 Å². The SMILES string of the molecule is NC(CN1CCN(CC2CC2)CC1)c1cccc(F)c1F. The molecule has 1 unspecified atom stereocenters. The molecule has 2 fully saturated rings. The van der Waals surface area contributed by atoms with Gasteiger partial charge in [-0.15, -0.1) is 0 Å². The van der Waals surface area contributed by atoms with Gasteiger partial charge in [-0.05, 0) is 24.8 Å². The molecule has 116 valence electrons. The maximum absolute atomic E-state index is 13.7. The molecule has 1 aromatic rings. The van der Waals surface area contributed by atoms with Crippen LogP contribution in [0.15, 0.2) is 18.2 Å². The van der Waals surface area contributed by atoms with Crippen LogP contribution in [-0.4, -0.2) is 49.1 Å². The van der Waals surface area contributed by atoms with E-state index in [2.05, 4.69) is 9.80 Å². The van der Waals surface area contributed by atoms with Crippen LogP contribution in [0.5, 0.6) is 0 Å². The van der Waals surface area contributed by atoms with Crippen molar-refractivity contribution in [1.29, 1.82) is 0 Å². The predicted octanol–water partition coefficient (Wildman–Crippen LogP) is 1.99. The average Bonchev–Trinajstić information content (AvgIpc) is 3.28. The van der Waals surface area contributed by atoms with E-state index < -0.39 is 17.7 Å². The van der Waals surface area contributed by atoms with Gasteiger partial charge in [-0.25, -0.2) is 8.78 Å². The molecule has 1 aliphatic heterocycles. The summed E-state index contributed by atoms with van der Waals surface area (Å²) in [5.74, 6) is -0.713. The lowest BCUT2D eigenvalue weighted by Crippen LogP contribution is -2.48. The molecule has 0 amide bonds. The summed E-state index contributed by atoms with van der Waals surface area (Å²) in [4.78, 5) is 4.75. The second kappa shape index (κ2) is 6.38. The Labute approximate surface area is 124 Å². The standard InChI is InChI=1S/C16H23F2N3/c17-14-3-1-2-13(16(14)18)15(19)11-21-8-6-20(7-9-21)10-12-4-5-12/h1-3,12,15H,4-11,19H2. The number of nitrogens with zero attached hydrogens (tertiary/aromatic N) is 2. The highest BCUT2D eigenvalue weighted by Gasteiger charge is 2.27. The van der Waals surface area contributed by atoms with Gasteiger partial charge in [0, 0.05) is 50.9 Å². The van der Waals surface area contributed by atoms with Crippen molar-refractivity contribution >= 4 is 0 Å². The molecule has 2 N–H and O–H groups in total. The smallest absolute Gasteiger partial charge is 0.163 e. The van der Waals surface area contributed by atoms with Gasteiger partial charge in [-0.1, -0.05) is 12.1 Å². The Morgan fingerprint density at radius 1 is 1.10 bits per heavy atom. The predicted molar refractivity (Wildman–Crippen MR) is 78.9 cm³/mol. The minimum Gasteiger partial charge on any atom is -0.323 e. The summed E-state index contributed by atoms with van der Waals surface area (Å²) < 4.78 is 27.0. The van der Waals surface area contributed by atoms with E-state index in [1.54, 1.807) is 6.07 Å². The van der Waals surface area contributed by atoms with Crippen molar-refractivity contribution < 1.29 is 8.78 Å². The van der Waals surface area contributed by atoms with E-state index in [1.165, 1.54) is 25.5 Å². The van der Waals surface area contributed by atoms with Gasteiger partial charge in [0.1, 0.15) is 0 Å². The van der Waals surface area contributed by atoms with Crippen molar-refractivity contribution in [3.05, 3.63) is 35.4 Å². The van der Waals surface area contributed by atoms with Gasteiger partial charge in [-0.2, -0.15) is 0 Å². The van der Waals surface area contributed by atoms with Crippen molar-refractivity contribution in [3.63, 3.8) is 0 Å². The maximum atomic E-state index is 13.7. The molecule has 1 aromatic carbocycles. The van der Waals surface area contributed by atoms with Crippen LogP contribution >= 0.6 is 0 Å². The Kier molecular flexibility index (Phi) is 4.52. The molecule has 0 radical (unpaired) electrons. The van der Waals surface area contributed by atoms with Crippen LogP contribution in [0.3, 0.4) is 0 Å². The van der Waals surface area contributed by atoms with Crippen LogP contribution in [0.2, 0.25) is 0 Å². The Bertz CT molecular complexity index is 482. The molecule has 1 saturated carbocycles. The van der Waals surface area contributed by atoms with E-state index in [0.717, 1.165) is 38.2 Å². The third kappa shape index (κ3) is 3.78. The zero-order valence-electron chi connectivity index (χ0n) is 12.3. The van der Waals surface area contributed by atoms with Crippen molar-refractivity contribution in [2.45, 2.75) is 18.9 Å². The number of piperazine rings is 1. The zero-order valence-corrected chi connectivity index (χ0v) is 12.3. The number of hydrogen-bond donors (Lipinski definition) is 1. The van der Waals surface area contributed by atoms with Gasteiger partial charge in [0.2, 0.25) is 0 Å². The Morgan fingerprint density at radius 3 is 2.43 bits per heavy atom. The molecule has 3 rings (SSSR count). The third-order valence-corrected chi connectivity index (χ3v) is 4.51. The Hall–Kier alpha value is -1.04. The summed E-state index contributed by atoms with van der Waals surface area (Å²) in [6, 6.07) is 3.74. The summed E-state index contributed by atoms with van der Waals surface area (Å²) in [6.45, 7) is 5.81. The Morgan fingerprint density at radius 2 is 1.76 bits per heavy atom. The monoisotopic (exact) mass is 295 g/mol. The summed E-state index contributed by atoms with van der Waals surface area (Å²) in [6.07, 6.45) is 2.76. The first-order valence-corrected chi connectivity index (χ1v) is 7.77. The van der Waals surface area contributed by atoms with E-state index in [-0.39, 0.29) is 5.56 Å². The summed E-state index contributed by atoms with van der Waals surface area (Å²) >= 11 is 0. The summed E-state index contributed by atoms with van der Waals surface area (Å²) in [7, 11) is 0.